The van der Waals surface area contributed by atoms with Gasteiger partial charge in [-0.15, -0.1) is 0 Å². The first-order valence-corrected chi connectivity index (χ1v) is 8.12. The van der Waals surface area contributed by atoms with E-state index >= 15 is 0 Å². The molecule has 5 nitrogen and oxygen atoms in total. The van der Waals surface area contributed by atoms with Crippen molar-refractivity contribution in [3.8, 4) is 5.75 Å². The van der Waals surface area contributed by atoms with Crippen LogP contribution in [0.15, 0.2) is 29.7 Å². The van der Waals surface area contributed by atoms with Gasteiger partial charge in [-0.3, -0.25) is 5.10 Å². The van der Waals surface area contributed by atoms with Gasteiger partial charge < -0.3 is 10.1 Å². The number of aryl methyl sites for hydroxylation is 1. The van der Waals surface area contributed by atoms with Crippen LogP contribution in [0, 0.1) is 0 Å². The van der Waals surface area contributed by atoms with Crippen molar-refractivity contribution in [2.45, 2.75) is 36.2 Å². The summed E-state index contributed by atoms with van der Waals surface area (Å²) in [5.41, 5.74) is 2.76. The summed E-state index contributed by atoms with van der Waals surface area (Å²) in [7, 11) is 1.72. The molecule has 1 aromatic heterocycles. The van der Waals surface area contributed by atoms with Crippen LogP contribution in [0.3, 0.4) is 0 Å². The Hall–Kier alpha value is -1.53. The third-order valence-electron chi connectivity index (χ3n) is 3.84. The van der Waals surface area contributed by atoms with Crippen molar-refractivity contribution in [2.75, 3.05) is 13.7 Å². The molecule has 0 bridgehead atoms. The summed E-state index contributed by atoms with van der Waals surface area (Å²) in [5, 5.41) is 11.8. The molecular weight excluding hydrogens is 284 g/mol. The SMILES string of the molecule is CCNC1c2cc(OC)ccc2CCC1Sc1ncn[nH]1. The van der Waals surface area contributed by atoms with Crippen molar-refractivity contribution in [3.05, 3.63) is 35.7 Å². The van der Waals surface area contributed by atoms with E-state index in [9.17, 15) is 0 Å². The summed E-state index contributed by atoms with van der Waals surface area (Å²) in [6, 6.07) is 6.71. The Kier molecular flexibility index (Phi) is 4.45. The molecule has 2 atom stereocenters. The Morgan fingerprint density at radius 1 is 1.48 bits per heavy atom. The highest BCUT2D eigenvalue weighted by molar-refractivity contribution is 7.99. The first-order chi connectivity index (χ1) is 10.3. The minimum Gasteiger partial charge on any atom is -0.497 e. The molecule has 0 aliphatic heterocycles. The largest absolute Gasteiger partial charge is 0.497 e. The predicted molar refractivity (Wildman–Crippen MR) is 83.8 cm³/mol. The number of H-pyrrole nitrogens is 1. The minimum atomic E-state index is 0.309. The normalized spacial score (nSPS) is 21.0. The molecule has 0 fully saturated rings. The van der Waals surface area contributed by atoms with Crippen LogP contribution in [0.1, 0.15) is 30.5 Å². The zero-order chi connectivity index (χ0) is 14.7. The maximum atomic E-state index is 5.38. The molecule has 21 heavy (non-hydrogen) atoms. The fourth-order valence-corrected chi connectivity index (χ4v) is 3.98. The maximum absolute atomic E-state index is 5.38. The van der Waals surface area contributed by atoms with Crippen LogP contribution in [0.2, 0.25) is 0 Å². The standard InChI is InChI=1S/C15H20N4OS/c1-3-16-14-12-8-11(20-2)6-4-10(12)5-7-13(14)21-15-17-9-18-19-15/h4,6,8-9,13-14,16H,3,5,7H2,1-2H3,(H,17,18,19). The first-order valence-electron chi connectivity index (χ1n) is 7.24. The molecule has 1 heterocycles. The molecule has 112 valence electrons. The molecule has 1 aliphatic rings. The fourth-order valence-electron chi connectivity index (χ4n) is 2.86. The van der Waals surface area contributed by atoms with Crippen molar-refractivity contribution >= 4 is 11.8 Å². The van der Waals surface area contributed by atoms with Gasteiger partial charge in [-0.05, 0) is 42.6 Å². The van der Waals surface area contributed by atoms with E-state index in [2.05, 4.69) is 39.6 Å². The molecule has 0 saturated carbocycles. The van der Waals surface area contributed by atoms with Gasteiger partial charge in [-0.2, -0.15) is 5.10 Å². The Labute approximate surface area is 128 Å². The zero-order valence-corrected chi connectivity index (χ0v) is 13.1. The summed E-state index contributed by atoms with van der Waals surface area (Å²) in [5.74, 6) is 0.918. The third kappa shape index (κ3) is 3.06. The van der Waals surface area contributed by atoms with E-state index in [0.29, 0.717) is 11.3 Å². The number of benzene rings is 1. The third-order valence-corrected chi connectivity index (χ3v) is 5.07. The lowest BCUT2D eigenvalue weighted by Crippen LogP contribution is -2.34. The second kappa shape index (κ2) is 6.49. The number of rotatable bonds is 5. The molecule has 2 aromatic rings. The van der Waals surface area contributed by atoms with E-state index in [0.717, 1.165) is 30.3 Å². The van der Waals surface area contributed by atoms with Crippen molar-refractivity contribution < 1.29 is 4.74 Å². The number of ether oxygens (including phenoxy) is 1. The van der Waals surface area contributed by atoms with Gasteiger partial charge in [0.2, 0.25) is 0 Å². The number of hydrogen-bond donors (Lipinski definition) is 2. The Morgan fingerprint density at radius 3 is 3.10 bits per heavy atom. The van der Waals surface area contributed by atoms with Gasteiger partial charge in [0.1, 0.15) is 12.1 Å². The molecule has 0 radical (unpaired) electrons. The lowest BCUT2D eigenvalue weighted by atomic mass is 9.87. The number of methoxy groups -OCH3 is 1. The predicted octanol–water partition coefficient (Wildman–Crippen LogP) is 2.57. The van der Waals surface area contributed by atoms with Crippen LogP contribution in [-0.2, 0) is 6.42 Å². The zero-order valence-electron chi connectivity index (χ0n) is 12.3. The topological polar surface area (TPSA) is 62.8 Å². The van der Waals surface area contributed by atoms with Gasteiger partial charge in [0.05, 0.1) is 7.11 Å². The summed E-state index contributed by atoms with van der Waals surface area (Å²) < 4.78 is 5.38. The van der Waals surface area contributed by atoms with E-state index in [1.165, 1.54) is 11.1 Å². The van der Waals surface area contributed by atoms with E-state index < -0.39 is 0 Å². The molecular formula is C15H20N4OS. The smallest absolute Gasteiger partial charge is 0.183 e. The lowest BCUT2D eigenvalue weighted by molar-refractivity contribution is 0.410. The van der Waals surface area contributed by atoms with Crippen LogP contribution in [-0.4, -0.2) is 34.1 Å². The minimum absolute atomic E-state index is 0.309. The van der Waals surface area contributed by atoms with Crippen LogP contribution in [0.5, 0.6) is 5.75 Å². The monoisotopic (exact) mass is 304 g/mol. The first kappa shape index (κ1) is 14.4. The number of thioether (sulfide) groups is 1. The highest BCUT2D eigenvalue weighted by Gasteiger charge is 2.30. The summed E-state index contributed by atoms with van der Waals surface area (Å²) in [6.07, 6.45) is 3.78. The van der Waals surface area contributed by atoms with Crippen LogP contribution in [0.25, 0.3) is 0 Å². The van der Waals surface area contributed by atoms with Gasteiger partial charge in [0, 0.05) is 11.3 Å². The molecule has 0 spiro atoms. The van der Waals surface area contributed by atoms with Gasteiger partial charge >= 0.3 is 0 Å². The Balaban J connectivity index is 1.89. The van der Waals surface area contributed by atoms with E-state index in [4.69, 9.17) is 4.74 Å². The Bertz CT molecular complexity index is 587. The van der Waals surface area contributed by atoms with E-state index in [1.54, 1.807) is 25.2 Å². The number of aromatic amines is 1. The van der Waals surface area contributed by atoms with E-state index in [1.807, 2.05) is 6.07 Å². The fraction of sp³-hybridized carbons (Fsp3) is 0.467. The molecule has 1 aliphatic carbocycles. The molecule has 2 unspecified atom stereocenters. The second-order valence-corrected chi connectivity index (χ2v) is 6.31. The number of aromatic nitrogens is 3. The number of nitrogens with zero attached hydrogens (tertiary/aromatic N) is 2. The average molecular weight is 304 g/mol. The molecule has 0 saturated heterocycles. The summed E-state index contributed by atoms with van der Waals surface area (Å²) in [4.78, 5) is 4.24. The molecule has 1 aromatic carbocycles. The average Bonchev–Trinajstić information content (AvgIpc) is 3.02. The van der Waals surface area contributed by atoms with Gasteiger partial charge in [-0.25, -0.2) is 4.98 Å². The molecule has 3 rings (SSSR count). The number of fused-ring (bicyclic) bond motifs is 1. The van der Waals surface area contributed by atoms with Crippen molar-refractivity contribution in [3.63, 3.8) is 0 Å². The van der Waals surface area contributed by atoms with Crippen molar-refractivity contribution in [2.24, 2.45) is 0 Å². The lowest BCUT2D eigenvalue weighted by Gasteiger charge is -2.33. The highest BCUT2D eigenvalue weighted by atomic mass is 32.2. The Morgan fingerprint density at radius 2 is 2.38 bits per heavy atom. The molecule has 2 N–H and O–H groups in total. The summed E-state index contributed by atoms with van der Waals surface area (Å²) in [6.45, 7) is 3.08. The maximum Gasteiger partial charge on any atom is 0.183 e. The van der Waals surface area contributed by atoms with Crippen LogP contribution < -0.4 is 10.1 Å². The van der Waals surface area contributed by atoms with Crippen molar-refractivity contribution in [1.29, 1.82) is 0 Å². The van der Waals surface area contributed by atoms with Gasteiger partial charge in [0.25, 0.3) is 0 Å². The molecule has 0 amide bonds. The van der Waals surface area contributed by atoms with Crippen LogP contribution >= 0.6 is 11.8 Å². The van der Waals surface area contributed by atoms with Crippen LogP contribution in [0.4, 0.5) is 0 Å². The van der Waals surface area contributed by atoms with Crippen molar-refractivity contribution in [1.82, 2.24) is 20.5 Å². The quantitative estimate of drug-likeness (QED) is 0.889. The van der Waals surface area contributed by atoms with E-state index in [-0.39, 0.29) is 0 Å². The van der Waals surface area contributed by atoms with Gasteiger partial charge in [0.15, 0.2) is 5.16 Å². The molecule has 6 heteroatoms. The van der Waals surface area contributed by atoms with Gasteiger partial charge in [-0.1, -0.05) is 24.8 Å². The summed E-state index contributed by atoms with van der Waals surface area (Å²) >= 11 is 1.76. The second-order valence-electron chi connectivity index (χ2n) is 5.09. The highest BCUT2D eigenvalue weighted by Crippen LogP contribution is 2.40. The number of hydrogen-bond acceptors (Lipinski definition) is 5. The number of nitrogens with one attached hydrogen (secondary N) is 2.